The number of halogens is 2. The molecular formula is C22H17F2N3O2S. The van der Waals surface area contributed by atoms with Gasteiger partial charge in [0, 0.05) is 17.1 Å². The molecule has 0 radical (unpaired) electrons. The van der Waals surface area contributed by atoms with E-state index in [1.807, 2.05) is 12.1 Å². The van der Waals surface area contributed by atoms with Gasteiger partial charge >= 0.3 is 6.03 Å². The second-order valence-corrected chi connectivity index (χ2v) is 7.68. The van der Waals surface area contributed by atoms with Crippen molar-refractivity contribution >= 4 is 40.8 Å². The van der Waals surface area contributed by atoms with Crippen molar-refractivity contribution in [2.24, 2.45) is 0 Å². The SMILES string of the molecule is O=C(Nc1ccc(C2SCC(=O)N2c2ccc(F)cc2)cc1)Nc1cccc(F)c1. The molecule has 8 heteroatoms. The third-order valence-corrected chi connectivity index (χ3v) is 5.72. The summed E-state index contributed by atoms with van der Waals surface area (Å²) >= 11 is 1.48. The van der Waals surface area contributed by atoms with E-state index in [2.05, 4.69) is 10.6 Å². The molecule has 5 nitrogen and oxygen atoms in total. The van der Waals surface area contributed by atoms with Gasteiger partial charge in [0.25, 0.3) is 0 Å². The predicted molar refractivity (Wildman–Crippen MR) is 115 cm³/mol. The molecule has 0 saturated carbocycles. The Morgan fingerprint density at radius 3 is 2.30 bits per heavy atom. The first kappa shape index (κ1) is 19.9. The summed E-state index contributed by atoms with van der Waals surface area (Å²) in [6, 6.07) is 18.0. The Bertz CT molecular complexity index is 1070. The summed E-state index contributed by atoms with van der Waals surface area (Å²) in [5.41, 5.74) is 2.41. The molecular weight excluding hydrogens is 408 g/mol. The Labute approximate surface area is 176 Å². The predicted octanol–water partition coefficient (Wildman–Crippen LogP) is 5.39. The summed E-state index contributed by atoms with van der Waals surface area (Å²) < 4.78 is 26.4. The van der Waals surface area contributed by atoms with Gasteiger partial charge < -0.3 is 10.6 Å². The molecule has 0 aliphatic carbocycles. The highest BCUT2D eigenvalue weighted by atomic mass is 32.2. The van der Waals surface area contributed by atoms with E-state index < -0.39 is 11.8 Å². The second-order valence-electron chi connectivity index (χ2n) is 6.62. The lowest BCUT2D eigenvalue weighted by molar-refractivity contribution is -0.115. The van der Waals surface area contributed by atoms with Crippen LogP contribution >= 0.6 is 11.8 Å². The molecule has 0 aromatic heterocycles. The van der Waals surface area contributed by atoms with E-state index >= 15 is 0 Å². The van der Waals surface area contributed by atoms with Gasteiger partial charge in [-0.3, -0.25) is 9.69 Å². The summed E-state index contributed by atoms with van der Waals surface area (Å²) in [7, 11) is 0. The fourth-order valence-electron chi connectivity index (χ4n) is 3.14. The first-order valence-corrected chi connectivity index (χ1v) is 10.2. The zero-order chi connectivity index (χ0) is 21.1. The lowest BCUT2D eigenvalue weighted by atomic mass is 10.1. The van der Waals surface area contributed by atoms with Crippen molar-refractivity contribution in [1.82, 2.24) is 0 Å². The smallest absolute Gasteiger partial charge is 0.308 e. The zero-order valence-corrected chi connectivity index (χ0v) is 16.5. The molecule has 1 aliphatic rings. The van der Waals surface area contributed by atoms with Crippen molar-refractivity contribution in [3.63, 3.8) is 0 Å². The van der Waals surface area contributed by atoms with E-state index in [9.17, 15) is 18.4 Å². The number of hydrogen-bond donors (Lipinski definition) is 2. The van der Waals surface area contributed by atoms with Crippen LogP contribution in [0, 0.1) is 11.6 Å². The highest BCUT2D eigenvalue weighted by Gasteiger charge is 2.34. The number of carbonyl (C=O) groups is 2. The molecule has 1 fully saturated rings. The number of rotatable bonds is 4. The van der Waals surface area contributed by atoms with Gasteiger partial charge in [0.1, 0.15) is 17.0 Å². The topological polar surface area (TPSA) is 61.4 Å². The molecule has 1 atom stereocenters. The largest absolute Gasteiger partial charge is 0.323 e. The second kappa shape index (κ2) is 8.54. The molecule has 30 heavy (non-hydrogen) atoms. The Morgan fingerprint density at radius 1 is 0.900 bits per heavy atom. The van der Waals surface area contributed by atoms with Crippen molar-refractivity contribution < 1.29 is 18.4 Å². The average molecular weight is 425 g/mol. The summed E-state index contributed by atoms with van der Waals surface area (Å²) in [5, 5.41) is 5.01. The fraction of sp³-hybridized carbons (Fsp3) is 0.0909. The van der Waals surface area contributed by atoms with Crippen molar-refractivity contribution in [2.75, 3.05) is 21.3 Å². The molecule has 1 aliphatic heterocycles. The van der Waals surface area contributed by atoms with Crippen LogP contribution in [0.1, 0.15) is 10.9 Å². The summed E-state index contributed by atoms with van der Waals surface area (Å²) in [6.07, 6.45) is 0. The quantitative estimate of drug-likeness (QED) is 0.589. The lowest BCUT2D eigenvalue weighted by Crippen LogP contribution is -2.27. The first-order chi connectivity index (χ1) is 14.5. The highest BCUT2D eigenvalue weighted by Crippen LogP contribution is 2.41. The van der Waals surface area contributed by atoms with Crippen LogP contribution in [0.15, 0.2) is 72.8 Å². The number of hydrogen-bond acceptors (Lipinski definition) is 3. The van der Waals surface area contributed by atoms with Crippen molar-refractivity contribution in [3.05, 3.63) is 90.0 Å². The van der Waals surface area contributed by atoms with Crippen molar-refractivity contribution in [2.45, 2.75) is 5.37 Å². The molecule has 3 amide bonds. The van der Waals surface area contributed by atoms with Crippen LogP contribution in [0.5, 0.6) is 0 Å². The molecule has 3 aromatic carbocycles. The molecule has 1 unspecified atom stereocenters. The van der Waals surface area contributed by atoms with E-state index in [1.54, 1.807) is 35.2 Å². The van der Waals surface area contributed by atoms with Crippen molar-refractivity contribution in [3.8, 4) is 0 Å². The van der Waals surface area contributed by atoms with Crippen LogP contribution in [0.25, 0.3) is 0 Å². The molecule has 4 rings (SSSR count). The van der Waals surface area contributed by atoms with Gasteiger partial charge in [0.05, 0.1) is 5.75 Å². The standard InChI is InChI=1S/C22H17F2N3O2S/c23-15-6-10-19(11-7-15)27-20(28)13-30-21(27)14-4-8-17(9-5-14)25-22(29)26-18-3-1-2-16(24)12-18/h1-12,21H,13H2,(H2,25,26,29). The molecule has 2 N–H and O–H groups in total. The fourth-order valence-corrected chi connectivity index (χ4v) is 4.32. The number of benzene rings is 3. The number of amides is 3. The van der Waals surface area contributed by atoms with Gasteiger partial charge in [-0.2, -0.15) is 0 Å². The normalized spacial score (nSPS) is 15.9. The van der Waals surface area contributed by atoms with Gasteiger partial charge in [0.2, 0.25) is 5.91 Å². The summed E-state index contributed by atoms with van der Waals surface area (Å²) in [6.45, 7) is 0. The Kier molecular flexibility index (Phi) is 5.67. The van der Waals surface area contributed by atoms with E-state index in [-0.39, 0.29) is 17.1 Å². The lowest BCUT2D eigenvalue weighted by Gasteiger charge is -2.24. The van der Waals surface area contributed by atoms with Gasteiger partial charge in [-0.1, -0.05) is 18.2 Å². The molecule has 3 aromatic rings. The zero-order valence-electron chi connectivity index (χ0n) is 15.6. The van der Waals surface area contributed by atoms with E-state index in [4.69, 9.17) is 0 Å². The molecule has 0 bridgehead atoms. The van der Waals surface area contributed by atoms with Crippen LogP contribution in [-0.2, 0) is 4.79 Å². The molecule has 0 spiro atoms. The monoisotopic (exact) mass is 425 g/mol. The Hall–Kier alpha value is -3.39. The number of nitrogens with one attached hydrogen (secondary N) is 2. The molecule has 152 valence electrons. The average Bonchev–Trinajstić information content (AvgIpc) is 3.10. The molecule has 1 heterocycles. The minimum atomic E-state index is -0.494. The first-order valence-electron chi connectivity index (χ1n) is 9.12. The Morgan fingerprint density at radius 2 is 1.60 bits per heavy atom. The summed E-state index contributed by atoms with van der Waals surface area (Å²) in [4.78, 5) is 26.1. The minimum Gasteiger partial charge on any atom is -0.308 e. The van der Waals surface area contributed by atoms with Gasteiger partial charge in [0.15, 0.2) is 0 Å². The maximum Gasteiger partial charge on any atom is 0.323 e. The number of urea groups is 1. The third-order valence-electron chi connectivity index (χ3n) is 4.51. The van der Waals surface area contributed by atoms with Crippen LogP contribution < -0.4 is 15.5 Å². The number of nitrogens with zero attached hydrogens (tertiary/aromatic N) is 1. The van der Waals surface area contributed by atoms with Crippen molar-refractivity contribution in [1.29, 1.82) is 0 Å². The summed E-state index contributed by atoms with van der Waals surface area (Å²) in [5.74, 6) is -0.515. The van der Waals surface area contributed by atoms with E-state index in [0.717, 1.165) is 5.56 Å². The van der Waals surface area contributed by atoms with Crippen LogP contribution in [0.3, 0.4) is 0 Å². The van der Waals surface area contributed by atoms with E-state index in [1.165, 1.54) is 42.1 Å². The van der Waals surface area contributed by atoms with Gasteiger partial charge in [-0.15, -0.1) is 11.8 Å². The van der Waals surface area contributed by atoms with Gasteiger partial charge in [-0.25, -0.2) is 13.6 Å². The third kappa shape index (κ3) is 4.44. The number of thioether (sulfide) groups is 1. The number of anilines is 3. The van der Waals surface area contributed by atoms with Crippen LogP contribution in [0.2, 0.25) is 0 Å². The molecule has 1 saturated heterocycles. The maximum absolute atomic E-state index is 13.2. The van der Waals surface area contributed by atoms with Crippen LogP contribution in [-0.4, -0.2) is 17.7 Å². The van der Waals surface area contributed by atoms with Crippen LogP contribution in [0.4, 0.5) is 30.6 Å². The highest BCUT2D eigenvalue weighted by molar-refractivity contribution is 8.00. The minimum absolute atomic E-state index is 0.0479. The van der Waals surface area contributed by atoms with Gasteiger partial charge in [-0.05, 0) is 60.2 Å². The van der Waals surface area contributed by atoms with E-state index in [0.29, 0.717) is 22.8 Å². The number of carbonyl (C=O) groups excluding carboxylic acids is 2. The Balaban J connectivity index is 1.45. The maximum atomic E-state index is 13.2.